The van der Waals surface area contributed by atoms with Crippen molar-refractivity contribution in [2.45, 2.75) is 19.8 Å². The first-order chi connectivity index (χ1) is 8.90. The Morgan fingerprint density at radius 1 is 1.32 bits per heavy atom. The van der Waals surface area contributed by atoms with E-state index in [0.717, 1.165) is 12.1 Å². The van der Waals surface area contributed by atoms with Crippen LogP contribution in [0.5, 0.6) is 0 Å². The first-order valence-electron chi connectivity index (χ1n) is 5.69. The van der Waals surface area contributed by atoms with Crippen LogP contribution in [0.1, 0.15) is 35.9 Å². The van der Waals surface area contributed by atoms with Gasteiger partial charge in [-0.15, -0.1) is 0 Å². The lowest BCUT2D eigenvalue weighted by Gasteiger charge is -2.10. The van der Waals surface area contributed by atoms with Crippen molar-refractivity contribution in [3.63, 3.8) is 0 Å². The zero-order chi connectivity index (χ0) is 14.2. The van der Waals surface area contributed by atoms with E-state index < -0.39 is 17.6 Å². The lowest BCUT2D eigenvalue weighted by Crippen LogP contribution is -2.07. The van der Waals surface area contributed by atoms with Crippen molar-refractivity contribution >= 4 is 5.97 Å². The number of hydrogen-bond donors (Lipinski definition) is 1. The van der Waals surface area contributed by atoms with E-state index in [9.17, 15) is 13.6 Å². The molecule has 0 bridgehead atoms. The van der Waals surface area contributed by atoms with Crippen LogP contribution < -0.4 is 0 Å². The van der Waals surface area contributed by atoms with Gasteiger partial charge in [0.05, 0.1) is 0 Å². The molecule has 1 heterocycles. The van der Waals surface area contributed by atoms with E-state index in [-0.39, 0.29) is 17.3 Å². The number of carboxylic acids is 1. The van der Waals surface area contributed by atoms with Crippen LogP contribution in [0, 0.1) is 11.6 Å². The van der Waals surface area contributed by atoms with Gasteiger partial charge in [0.15, 0.2) is 11.5 Å². The third kappa shape index (κ3) is 2.47. The first kappa shape index (κ1) is 13.2. The van der Waals surface area contributed by atoms with E-state index in [4.69, 9.17) is 5.11 Å². The summed E-state index contributed by atoms with van der Waals surface area (Å²) in [5.74, 6) is -2.73. The van der Waals surface area contributed by atoms with Crippen LogP contribution in [-0.4, -0.2) is 20.9 Å². The van der Waals surface area contributed by atoms with Crippen molar-refractivity contribution in [3.05, 3.63) is 47.3 Å². The first-order valence-corrected chi connectivity index (χ1v) is 5.69. The lowest BCUT2D eigenvalue weighted by atomic mass is 10.1. The maximum atomic E-state index is 13.7. The summed E-state index contributed by atoms with van der Waals surface area (Å²) in [5, 5.41) is 12.8. The van der Waals surface area contributed by atoms with Gasteiger partial charge >= 0.3 is 5.97 Å². The second kappa shape index (κ2) is 4.79. The largest absolute Gasteiger partial charge is 0.476 e. The minimum atomic E-state index is -1.19. The van der Waals surface area contributed by atoms with Gasteiger partial charge in [0.25, 0.3) is 0 Å². The van der Waals surface area contributed by atoms with Crippen molar-refractivity contribution in [3.8, 4) is 5.69 Å². The molecule has 100 valence electrons. The topological polar surface area (TPSA) is 55.1 Å². The Hall–Kier alpha value is -2.24. The minimum Gasteiger partial charge on any atom is -0.476 e. The molecular formula is C13H12F2N2O2. The summed E-state index contributed by atoms with van der Waals surface area (Å²) in [6, 6.07) is 4.46. The quantitative estimate of drug-likeness (QED) is 0.929. The lowest BCUT2D eigenvalue weighted by molar-refractivity contribution is 0.0690. The normalized spacial score (nSPS) is 11.0. The van der Waals surface area contributed by atoms with Crippen molar-refractivity contribution in [1.82, 2.24) is 9.78 Å². The Balaban J connectivity index is 2.63. The van der Waals surface area contributed by atoms with E-state index in [2.05, 4.69) is 5.10 Å². The summed E-state index contributed by atoms with van der Waals surface area (Å²) < 4.78 is 27.8. The van der Waals surface area contributed by atoms with E-state index in [1.807, 2.05) is 13.8 Å². The highest BCUT2D eigenvalue weighted by Gasteiger charge is 2.18. The summed E-state index contributed by atoms with van der Waals surface area (Å²) in [5.41, 5.74) is 0.396. The molecule has 1 aromatic carbocycles. The van der Waals surface area contributed by atoms with Crippen LogP contribution in [-0.2, 0) is 0 Å². The molecule has 0 radical (unpaired) electrons. The summed E-state index contributed by atoms with van der Waals surface area (Å²) in [7, 11) is 0. The second-order valence-electron chi connectivity index (χ2n) is 4.42. The summed E-state index contributed by atoms with van der Waals surface area (Å²) in [6.45, 7) is 3.67. The highest BCUT2D eigenvalue weighted by molar-refractivity contribution is 5.85. The molecule has 0 aliphatic rings. The van der Waals surface area contributed by atoms with E-state index in [0.29, 0.717) is 5.69 Å². The van der Waals surface area contributed by atoms with Gasteiger partial charge in [0.1, 0.15) is 11.5 Å². The Kier molecular flexibility index (Phi) is 3.33. The van der Waals surface area contributed by atoms with E-state index in [1.165, 1.54) is 16.8 Å². The molecule has 0 spiro atoms. The number of carboxylic acid groups (broad SMARTS) is 1. The number of hydrogen-bond acceptors (Lipinski definition) is 2. The highest BCUT2D eigenvalue weighted by atomic mass is 19.1. The van der Waals surface area contributed by atoms with Crippen LogP contribution in [0.4, 0.5) is 8.78 Å². The second-order valence-corrected chi connectivity index (χ2v) is 4.42. The van der Waals surface area contributed by atoms with Crippen molar-refractivity contribution in [2.24, 2.45) is 0 Å². The molecule has 0 atom stereocenters. The number of carbonyl (C=O) groups is 1. The third-order valence-corrected chi connectivity index (χ3v) is 2.69. The molecule has 0 amide bonds. The SMILES string of the molecule is CC(C)c1cc(C(=O)O)nn1-c1ccc(F)cc1F. The number of rotatable bonds is 3. The summed E-state index contributed by atoms with van der Waals surface area (Å²) in [4.78, 5) is 10.9. The van der Waals surface area contributed by atoms with Crippen LogP contribution in [0.3, 0.4) is 0 Å². The molecule has 1 N–H and O–H groups in total. The minimum absolute atomic E-state index is 0.0256. The van der Waals surface area contributed by atoms with Gasteiger partial charge in [-0.3, -0.25) is 0 Å². The van der Waals surface area contributed by atoms with Crippen LogP contribution >= 0.6 is 0 Å². The van der Waals surface area contributed by atoms with E-state index in [1.54, 1.807) is 0 Å². The Labute approximate surface area is 108 Å². The van der Waals surface area contributed by atoms with Crippen LogP contribution in [0.25, 0.3) is 5.69 Å². The number of nitrogens with zero attached hydrogens (tertiary/aromatic N) is 2. The molecule has 0 aliphatic carbocycles. The average molecular weight is 266 g/mol. The Morgan fingerprint density at radius 3 is 2.53 bits per heavy atom. The molecule has 1 aromatic heterocycles. The molecule has 2 rings (SSSR count). The predicted molar refractivity (Wildman–Crippen MR) is 64.5 cm³/mol. The van der Waals surface area contributed by atoms with Gasteiger partial charge in [0.2, 0.25) is 0 Å². The monoisotopic (exact) mass is 266 g/mol. The molecule has 0 aliphatic heterocycles. The van der Waals surface area contributed by atoms with Crippen LogP contribution in [0.2, 0.25) is 0 Å². The van der Waals surface area contributed by atoms with Gasteiger partial charge in [-0.25, -0.2) is 18.3 Å². The summed E-state index contributed by atoms with van der Waals surface area (Å²) in [6.07, 6.45) is 0. The molecule has 0 unspecified atom stereocenters. The number of halogens is 2. The number of aromatic carboxylic acids is 1. The standard InChI is InChI=1S/C13H12F2N2O2/c1-7(2)12-6-10(13(18)19)16-17(12)11-4-3-8(14)5-9(11)15/h3-7H,1-2H3,(H,18,19). The fraction of sp³-hybridized carbons (Fsp3) is 0.231. The summed E-state index contributed by atoms with van der Waals surface area (Å²) >= 11 is 0. The zero-order valence-electron chi connectivity index (χ0n) is 10.4. The van der Waals surface area contributed by atoms with Crippen molar-refractivity contribution in [1.29, 1.82) is 0 Å². The number of benzene rings is 1. The molecule has 4 nitrogen and oxygen atoms in total. The smallest absolute Gasteiger partial charge is 0.356 e. The van der Waals surface area contributed by atoms with Gasteiger partial charge in [0, 0.05) is 11.8 Å². The van der Waals surface area contributed by atoms with Gasteiger partial charge in [-0.05, 0) is 24.1 Å². The Bertz CT molecular complexity index is 636. The van der Waals surface area contributed by atoms with Gasteiger partial charge < -0.3 is 5.11 Å². The average Bonchev–Trinajstić information content (AvgIpc) is 2.73. The maximum Gasteiger partial charge on any atom is 0.356 e. The van der Waals surface area contributed by atoms with Crippen molar-refractivity contribution < 1.29 is 18.7 Å². The fourth-order valence-electron chi connectivity index (χ4n) is 1.76. The molecule has 19 heavy (non-hydrogen) atoms. The van der Waals surface area contributed by atoms with E-state index >= 15 is 0 Å². The Morgan fingerprint density at radius 2 is 2.00 bits per heavy atom. The fourth-order valence-corrected chi connectivity index (χ4v) is 1.76. The highest BCUT2D eigenvalue weighted by Crippen LogP contribution is 2.22. The molecule has 0 saturated heterocycles. The third-order valence-electron chi connectivity index (χ3n) is 2.69. The van der Waals surface area contributed by atoms with Gasteiger partial charge in [-0.2, -0.15) is 5.10 Å². The predicted octanol–water partition coefficient (Wildman–Crippen LogP) is 2.97. The molecule has 2 aromatic rings. The maximum absolute atomic E-state index is 13.7. The van der Waals surface area contributed by atoms with Crippen molar-refractivity contribution in [2.75, 3.05) is 0 Å². The molecular weight excluding hydrogens is 254 g/mol. The zero-order valence-corrected chi connectivity index (χ0v) is 10.4. The molecule has 0 saturated carbocycles. The van der Waals surface area contributed by atoms with Gasteiger partial charge in [-0.1, -0.05) is 13.8 Å². The molecule has 0 fully saturated rings. The molecule has 6 heteroatoms. The number of aromatic nitrogens is 2. The van der Waals surface area contributed by atoms with Crippen LogP contribution in [0.15, 0.2) is 24.3 Å².